The predicted molar refractivity (Wildman–Crippen MR) is 89.5 cm³/mol. The van der Waals surface area contributed by atoms with Gasteiger partial charge in [-0.25, -0.2) is 0 Å². The molecule has 2 aromatic rings. The van der Waals surface area contributed by atoms with E-state index in [-0.39, 0.29) is 5.91 Å². The van der Waals surface area contributed by atoms with Crippen molar-refractivity contribution < 1.29 is 4.79 Å². The van der Waals surface area contributed by atoms with E-state index in [4.69, 9.17) is 23.2 Å². The molecule has 1 aromatic heterocycles. The normalized spacial score (nSPS) is 10.5. The molecule has 0 aliphatic carbocycles. The SMILES string of the molecule is O=C(NCCc1ccc(Cl)cc1Cl)c1ccsc1I. The van der Waals surface area contributed by atoms with Crippen LogP contribution < -0.4 is 5.32 Å². The van der Waals surface area contributed by atoms with Crippen molar-refractivity contribution >= 4 is 63.0 Å². The molecule has 0 saturated heterocycles. The summed E-state index contributed by atoms with van der Waals surface area (Å²) in [5, 5.41) is 6.04. The van der Waals surface area contributed by atoms with Crippen molar-refractivity contribution in [3.05, 3.63) is 53.7 Å². The van der Waals surface area contributed by atoms with E-state index in [0.717, 1.165) is 14.0 Å². The minimum atomic E-state index is -0.0456. The van der Waals surface area contributed by atoms with Gasteiger partial charge in [-0.15, -0.1) is 11.3 Å². The number of thiophene rings is 1. The van der Waals surface area contributed by atoms with Crippen molar-refractivity contribution in [2.24, 2.45) is 0 Å². The maximum absolute atomic E-state index is 11.9. The van der Waals surface area contributed by atoms with Crippen LogP contribution in [0.1, 0.15) is 15.9 Å². The number of nitrogens with one attached hydrogen (secondary N) is 1. The van der Waals surface area contributed by atoms with E-state index < -0.39 is 0 Å². The van der Waals surface area contributed by atoms with Crippen molar-refractivity contribution in [2.75, 3.05) is 6.54 Å². The molecule has 1 aromatic carbocycles. The smallest absolute Gasteiger partial charge is 0.253 e. The second-order valence-electron chi connectivity index (χ2n) is 3.85. The third kappa shape index (κ3) is 4.08. The Morgan fingerprint density at radius 2 is 2.11 bits per heavy atom. The summed E-state index contributed by atoms with van der Waals surface area (Å²) in [6, 6.07) is 7.22. The van der Waals surface area contributed by atoms with E-state index in [1.807, 2.05) is 17.5 Å². The fourth-order valence-corrected chi connectivity index (χ4v) is 3.57. The molecule has 1 heterocycles. The number of hydrogen-bond acceptors (Lipinski definition) is 2. The highest BCUT2D eigenvalue weighted by Gasteiger charge is 2.10. The Balaban J connectivity index is 1.90. The molecule has 2 nitrogen and oxygen atoms in total. The molecule has 19 heavy (non-hydrogen) atoms. The van der Waals surface area contributed by atoms with Gasteiger partial charge >= 0.3 is 0 Å². The van der Waals surface area contributed by atoms with Gasteiger partial charge in [0.05, 0.1) is 8.45 Å². The minimum absolute atomic E-state index is 0.0456. The van der Waals surface area contributed by atoms with Crippen molar-refractivity contribution in [3.63, 3.8) is 0 Å². The van der Waals surface area contributed by atoms with Crippen LogP contribution in [0, 0.1) is 2.88 Å². The summed E-state index contributed by atoms with van der Waals surface area (Å²) in [5.41, 5.74) is 1.71. The lowest BCUT2D eigenvalue weighted by molar-refractivity contribution is 0.0954. The number of carbonyl (C=O) groups is 1. The first-order valence-electron chi connectivity index (χ1n) is 5.53. The van der Waals surface area contributed by atoms with Gasteiger partial charge in [0.25, 0.3) is 5.91 Å². The van der Waals surface area contributed by atoms with E-state index in [0.29, 0.717) is 23.0 Å². The Kier molecular flexibility index (Phi) is 5.50. The van der Waals surface area contributed by atoms with Crippen molar-refractivity contribution in [3.8, 4) is 0 Å². The summed E-state index contributed by atoms with van der Waals surface area (Å²) in [5.74, 6) is -0.0456. The Morgan fingerprint density at radius 3 is 2.74 bits per heavy atom. The standard InChI is InChI=1S/C13H10Cl2INOS/c14-9-2-1-8(11(15)7-9)3-5-17-13(18)10-4-6-19-12(10)16/h1-2,4,6-7H,3,5H2,(H,17,18). The highest BCUT2D eigenvalue weighted by Crippen LogP contribution is 2.21. The molecule has 0 unspecified atom stereocenters. The average Bonchev–Trinajstić information content (AvgIpc) is 2.78. The lowest BCUT2D eigenvalue weighted by Crippen LogP contribution is -2.25. The highest BCUT2D eigenvalue weighted by molar-refractivity contribution is 14.1. The molecular weight excluding hydrogens is 416 g/mol. The van der Waals surface area contributed by atoms with Gasteiger partial charge in [-0.3, -0.25) is 4.79 Å². The Bertz CT molecular complexity index is 600. The molecule has 2 rings (SSSR count). The fourth-order valence-electron chi connectivity index (χ4n) is 1.59. The third-order valence-corrected chi connectivity index (χ3v) is 5.19. The lowest BCUT2D eigenvalue weighted by Gasteiger charge is -2.06. The minimum Gasteiger partial charge on any atom is -0.352 e. The molecule has 6 heteroatoms. The van der Waals surface area contributed by atoms with Crippen LogP contribution in [-0.4, -0.2) is 12.5 Å². The van der Waals surface area contributed by atoms with Crippen LogP contribution in [0.25, 0.3) is 0 Å². The summed E-state index contributed by atoms with van der Waals surface area (Å²) >= 11 is 15.6. The van der Waals surface area contributed by atoms with Gasteiger partial charge in [-0.1, -0.05) is 29.3 Å². The zero-order chi connectivity index (χ0) is 13.8. The molecule has 0 bridgehead atoms. The molecule has 0 aliphatic heterocycles. The maximum atomic E-state index is 11.9. The molecule has 1 N–H and O–H groups in total. The monoisotopic (exact) mass is 425 g/mol. The second kappa shape index (κ2) is 6.92. The Hall–Kier alpha value is -0.300. The molecular formula is C13H10Cl2INOS. The number of hydrogen-bond donors (Lipinski definition) is 1. The van der Waals surface area contributed by atoms with Gasteiger partial charge in [-0.05, 0) is 58.2 Å². The summed E-state index contributed by atoms with van der Waals surface area (Å²) < 4.78 is 1.000. The summed E-state index contributed by atoms with van der Waals surface area (Å²) in [6.45, 7) is 0.548. The van der Waals surface area contributed by atoms with E-state index in [9.17, 15) is 4.79 Å². The molecule has 0 fully saturated rings. The van der Waals surface area contributed by atoms with E-state index in [2.05, 4.69) is 27.9 Å². The van der Waals surface area contributed by atoms with Gasteiger partial charge in [-0.2, -0.15) is 0 Å². The molecule has 0 saturated carbocycles. The number of carbonyl (C=O) groups excluding carboxylic acids is 1. The van der Waals surface area contributed by atoms with E-state index in [1.54, 1.807) is 23.5 Å². The van der Waals surface area contributed by atoms with Crippen LogP contribution in [-0.2, 0) is 6.42 Å². The van der Waals surface area contributed by atoms with Crippen LogP contribution >= 0.6 is 57.1 Å². The zero-order valence-electron chi connectivity index (χ0n) is 9.75. The van der Waals surface area contributed by atoms with Crippen LogP contribution in [0.15, 0.2) is 29.6 Å². The molecule has 0 spiro atoms. The number of benzene rings is 1. The molecule has 0 radical (unpaired) electrons. The first-order chi connectivity index (χ1) is 9.08. The van der Waals surface area contributed by atoms with Crippen molar-refractivity contribution in [1.82, 2.24) is 5.32 Å². The largest absolute Gasteiger partial charge is 0.352 e. The van der Waals surface area contributed by atoms with Gasteiger partial charge < -0.3 is 5.32 Å². The predicted octanol–water partition coefficient (Wildman–Crippen LogP) is 4.63. The quantitative estimate of drug-likeness (QED) is 0.710. The summed E-state index contributed by atoms with van der Waals surface area (Å²) in [6.07, 6.45) is 0.683. The van der Waals surface area contributed by atoms with Crippen molar-refractivity contribution in [1.29, 1.82) is 0 Å². The zero-order valence-corrected chi connectivity index (χ0v) is 14.2. The molecule has 100 valence electrons. The topological polar surface area (TPSA) is 29.1 Å². The first kappa shape index (κ1) is 15.1. The third-order valence-electron chi connectivity index (χ3n) is 2.56. The number of amides is 1. The van der Waals surface area contributed by atoms with Crippen LogP contribution in [0.4, 0.5) is 0 Å². The van der Waals surface area contributed by atoms with Gasteiger partial charge in [0, 0.05) is 16.6 Å². The van der Waals surface area contributed by atoms with Crippen LogP contribution in [0.5, 0.6) is 0 Å². The average molecular weight is 426 g/mol. The van der Waals surface area contributed by atoms with Gasteiger partial charge in [0.15, 0.2) is 0 Å². The summed E-state index contributed by atoms with van der Waals surface area (Å²) in [4.78, 5) is 11.9. The Morgan fingerprint density at radius 1 is 1.32 bits per heavy atom. The van der Waals surface area contributed by atoms with E-state index >= 15 is 0 Å². The number of rotatable bonds is 4. The second-order valence-corrected chi connectivity index (χ2v) is 7.42. The highest BCUT2D eigenvalue weighted by atomic mass is 127. The van der Waals surface area contributed by atoms with Gasteiger partial charge in [0.1, 0.15) is 0 Å². The first-order valence-corrected chi connectivity index (χ1v) is 8.24. The van der Waals surface area contributed by atoms with Gasteiger partial charge in [0.2, 0.25) is 0 Å². The fraction of sp³-hybridized carbons (Fsp3) is 0.154. The number of halogens is 3. The summed E-state index contributed by atoms with van der Waals surface area (Å²) in [7, 11) is 0. The Labute approximate surface area is 139 Å². The van der Waals surface area contributed by atoms with Crippen LogP contribution in [0.3, 0.4) is 0 Å². The van der Waals surface area contributed by atoms with Crippen molar-refractivity contribution in [2.45, 2.75) is 6.42 Å². The molecule has 1 amide bonds. The maximum Gasteiger partial charge on any atom is 0.253 e. The molecule has 0 atom stereocenters. The lowest BCUT2D eigenvalue weighted by atomic mass is 10.1. The van der Waals surface area contributed by atoms with Crippen LogP contribution in [0.2, 0.25) is 10.0 Å². The molecule has 0 aliphatic rings. The van der Waals surface area contributed by atoms with E-state index in [1.165, 1.54) is 0 Å².